The summed E-state index contributed by atoms with van der Waals surface area (Å²) in [7, 11) is 0. The second kappa shape index (κ2) is 5.65. The van der Waals surface area contributed by atoms with Crippen molar-refractivity contribution >= 4 is 35.3 Å². The lowest BCUT2D eigenvalue weighted by Gasteiger charge is -2.30. The highest BCUT2D eigenvalue weighted by atomic mass is 35.5. The average molecular weight is 360 g/mol. The van der Waals surface area contributed by atoms with Crippen LogP contribution < -0.4 is 5.73 Å². The zero-order chi connectivity index (χ0) is 16.9. The summed E-state index contributed by atoms with van der Waals surface area (Å²) < 4.78 is 13.2. The van der Waals surface area contributed by atoms with Crippen molar-refractivity contribution in [2.75, 3.05) is 5.75 Å². The van der Waals surface area contributed by atoms with Gasteiger partial charge in [-0.2, -0.15) is 0 Å². The van der Waals surface area contributed by atoms with Gasteiger partial charge in [0.2, 0.25) is 0 Å². The van der Waals surface area contributed by atoms with Crippen molar-refractivity contribution in [3.8, 4) is 0 Å². The van der Waals surface area contributed by atoms with Crippen LogP contribution >= 0.6 is 23.4 Å². The first-order valence-corrected chi connectivity index (χ1v) is 8.46. The number of fused-ring (bicyclic) bond motifs is 1. The Kier molecular flexibility index (Phi) is 4.06. The molecule has 0 amide bonds. The molecule has 2 aliphatic carbocycles. The van der Waals surface area contributed by atoms with Gasteiger partial charge in [0.1, 0.15) is 11.4 Å². The molecule has 0 aliphatic heterocycles. The SMILES string of the molecule is N[C@@]1(C(=O)O)C(CSc2ccc(F)c(Cl)c2)CC2C(C(=O)O)C21. The maximum atomic E-state index is 13.2. The number of halogens is 2. The van der Waals surface area contributed by atoms with E-state index in [0.29, 0.717) is 12.2 Å². The van der Waals surface area contributed by atoms with Gasteiger partial charge in [0, 0.05) is 16.6 Å². The lowest BCUT2D eigenvalue weighted by atomic mass is 9.82. The second-order valence-electron chi connectivity index (χ2n) is 6.11. The van der Waals surface area contributed by atoms with Crippen LogP contribution in [0.2, 0.25) is 5.02 Å². The predicted octanol–water partition coefficient (Wildman–Crippen LogP) is 2.32. The molecule has 5 nitrogen and oxygen atoms in total. The first-order valence-electron chi connectivity index (χ1n) is 7.09. The van der Waals surface area contributed by atoms with Gasteiger partial charge in [-0.3, -0.25) is 9.59 Å². The summed E-state index contributed by atoms with van der Waals surface area (Å²) in [6.07, 6.45) is 0.479. The summed E-state index contributed by atoms with van der Waals surface area (Å²) in [6.45, 7) is 0. The van der Waals surface area contributed by atoms with Crippen LogP contribution in [-0.2, 0) is 9.59 Å². The minimum atomic E-state index is -1.52. The molecule has 1 aromatic carbocycles. The van der Waals surface area contributed by atoms with Crippen LogP contribution in [0.25, 0.3) is 0 Å². The predicted molar refractivity (Wildman–Crippen MR) is 82.9 cm³/mol. The number of aliphatic carboxylic acids is 2. The average Bonchev–Trinajstić information content (AvgIpc) is 3.13. The van der Waals surface area contributed by atoms with Crippen LogP contribution in [0, 0.1) is 29.5 Å². The Balaban J connectivity index is 1.72. The zero-order valence-electron chi connectivity index (χ0n) is 11.9. The molecule has 4 N–H and O–H groups in total. The van der Waals surface area contributed by atoms with Crippen molar-refractivity contribution in [3.05, 3.63) is 29.0 Å². The fourth-order valence-electron chi connectivity index (χ4n) is 3.74. The molecule has 1 aromatic rings. The molecule has 0 radical (unpaired) electrons. The number of thioether (sulfide) groups is 1. The number of rotatable bonds is 5. The fourth-order valence-corrected chi connectivity index (χ4v) is 5.15. The number of carbonyl (C=O) groups is 2. The first kappa shape index (κ1) is 16.5. The highest BCUT2D eigenvalue weighted by Crippen LogP contribution is 2.64. The third-order valence-electron chi connectivity index (χ3n) is 4.95. The molecule has 0 heterocycles. The van der Waals surface area contributed by atoms with Gasteiger partial charge in [0.15, 0.2) is 0 Å². The van der Waals surface area contributed by atoms with E-state index in [1.807, 2.05) is 0 Å². The molecular weight excluding hydrogens is 345 g/mol. The molecule has 0 aromatic heterocycles. The Hall–Kier alpha value is -1.31. The van der Waals surface area contributed by atoms with Gasteiger partial charge in [-0.25, -0.2) is 4.39 Å². The highest BCUT2D eigenvalue weighted by Gasteiger charge is 2.73. The Morgan fingerprint density at radius 1 is 1.43 bits per heavy atom. The van der Waals surface area contributed by atoms with E-state index in [0.717, 1.165) is 4.90 Å². The molecule has 0 spiro atoms. The molecule has 3 rings (SSSR count). The van der Waals surface area contributed by atoms with Crippen molar-refractivity contribution in [2.45, 2.75) is 16.9 Å². The summed E-state index contributed by atoms with van der Waals surface area (Å²) in [4.78, 5) is 23.5. The summed E-state index contributed by atoms with van der Waals surface area (Å²) in [6, 6.07) is 4.31. The van der Waals surface area contributed by atoms with E-state index in [1.54, 1.807) is 6.07 Å². The summed E-state index contributed by atoms with van der Waals surface area (Å²) in [5.74, 6) is -3.90. The largest absolute Gasteiger partial charge is 0.481 e. The minimum absolute atomic E-state index is 0.00690. The lowest BCUT2D eigenvalue weighted by molar-refractivity contribution is -0.147. The second-order valence-corrected chi connectivity index (χ2v) is 7.61. The minimum Gasteiger partial charge on any atom is -0.481 e. The lowest BCUT2D eigenvalue weighted by Crippen LogP contribution is -2.55. The molecule has 2 aliphatic rings. The van der Waals surface area contributed by atoms with Gasteiger partial charge in [-0.05, 0) is 36.5 Å². The number of hydrogen-bond acceptors (Lipinski definition) is 4. The molecule has 23 heavy (non-hydrogen) atoms. The molecular formula is C15H15ClFNO4S. The van der Waals surface area contributed by atoms with Crippen molar-refractivity contribution in [3.63, 3.8) is 0 Å². The number of hydrogen-bond donors (Lipinski definition) is 3. The van der Waals surface area contributed by atoms with E-state index in [1.165, 1.54) is 23.9 Å². The normalized spacial score (nSPS) is 34.9. The Morgan fingerprint density at radius 3 is 2.70 bits per heavy atom. The van der Waals surface area contributed by atoms with Crippen molar-refractivity contribution in [1.82, 2.24) is 0 Å². The van der Waals surface area contributed by atoms with E-state index in [4.69, 9.17) is 22.4 Å². The smallest absolute Gasteiger partial charge is 0.324 e. The molecule has 5 atom stereocenters. The standard InChI is InChI=1S/C15H15ClFNO4S/c16-9-4-7(1-2-10(9)17)23-5-6-3-8-11(13(19)20)12(8)15(6,18)14(21)22/h1-2,4,6,8,11-12H,3,5,18H2,(H,19,20)(H,21,22)/t6?,8?,11?,12?,15-/m0/s1. The zero-order valence-corrected chi connectivity index (χ0v) is 13.5. The van der Waals surface area contributed by atoms with Gasteiger partial charge < -0.3 is 15.9 Å². The fraction of sp³-hybridized carbons (Fsp3) is 0.467. The van der Waals surface area contributed by atoms with Crippen LogP contribution in [-0.4, -0.2) is 33.4 Å². The van der Waals surface area contributed by atoms with Crippen LogP contribution in [0.15, 0.2) is 23.1 Å². The number of carboxylic acid groups (broad SMARTS) is 2. The molecule has 0 saturated heterocycles. The molecule has 2 fully saturated rings. The molecule has 124 valence electrons. The van der Waals surface area contributed by atoms with Crippen LogP contribution in [0.1, 0.15) is 6.42 Å². The third kappa shape index (κ3) is 2.60. The molecule has 0 bridgehead atoms. The molecule has 4 unspecified atom stereocenters. The maximum absolute atomic E-state index is 13.2. The van der Waals surface area contributed by atoms with E-state index >= 15 is 0 Å². The first-order chi connectivity index (χ1) is 10.8. The van der Waals surface area contributed by atoms with Crippen molar-refractivity contribution in [2.24, 2.45) is 29.4 Å². The van der Waals surface area contributed by atoms with Crippen LogP contribution in [0.4, 0.5) is 4.39 Å². The van der Waals surface area contributed by atoms with Crippen molar-refractivity contribution in [1.29, 1.82) is 0 Å². The molecule has 8 heteroatoms. The quantitative estimate of drug-likeness (QED) is 0.697. The van der Waals surface area contributed by atoms with Gasteiger partial charge >= 0.3 is 11.9 Å². The van der Waals surface area contributed by atoms with E-state index in [2.05, 4.69) is 0 Å². The monoisotopic (exact) mass is 359 g/mol. The Morgan fingerprint density at radius 2 is 2.13 bits per heavy atom. The number of carboxylic acids is 2. The van der Waals surface area contributed by atoms with E-state index in [9.17, 15) is 19.1 Å². The van der Waals surface area contributed by atoms with E-state index in [-0.39, 0.29) is 16.9 Å². The van der Waals surface area contributed by atoms with Gasteiger partial charge in [-0.15, -0.1) is 11.8 Å². The van der Waals surface area contributed by atoms with Crippen molar-refractivity contribution < 1.29 is 24.2 Å². The number of benzene rings is 1. The third-order valence-corrected chi connectivity index (χ3v) is 6.40. The number of nitrogens with two attached hydrogens (primary N) is 1. The summed E-state index contributed by atoms with van der Waals surface area (Å²) in [5, 5.41) is 18.6. The van der Waals surface area contributed by atoms with E-state index < -0.39 is 35.1 Å². The Labute approximate surface area is 141 Å². The van der Waals surface area contributed by atoms with Gasteiger partial charge in [0.25, 0.3) is 0 Å². The highest BCUT2D eigenvalue weighted by molar-refractivity contribution is 7.99. The van der Waals surface area contributed by atoms with Crippen LogP contribution in [0.5, 0.6) is 0 Å². The van der Waals surface area contributed by atoms with Gasteiger partial charge in [-0.1, -0.05) is 11.6 Å². The maximum Gasteiger partial charge on any atom is 0.324 e. The Bertz CT molecular complexity index is 687. The summed E-state index contributed by atoms with van der Waals surface area (Å²) >= 11 is 7.08. The van der Waals surface area contributed by atoms with Gasteiger partial charge in [0.05, 0.1) is 10.9 Å². The topological polar surface area (TPSA) is 101 Å². The molecule has 2 saturated carbocycles. The summed E-state index contributed by atoms with van der Waals surface area (Å²) in [5.41, 5.74) is 4.59. The van der Waals surface area contributed by atoms with Crippen LogP contribution in [0.3, 0.4) is 0 Å².